The van der Waals surface area contributed by atoms with Crippen LogP contribution in [0.5, 0.6) is 0 Å². The second-order valence-corrected chi connectivity index (χ2v) is 7.56. The molecule has 2 amide bonds. The van der Waals surface area contributed by atoms with E-state index in [0.29, 0.717) is 25.6 Å². The second-order valence-electron chi connectivity index (χ2n) is 5.63. The number of carbonyl (C=O) groups is 1. The maximum Gasteiger partial charge on any atom is 0.317 e. The van der Waals surface area contributed by atoms with Crippen LogP contribution in [-0.2, 0) is 14.8 Å². The molecule has 1 heterocycles. The van der Waals surface area contributed by atoms with E-state index in [1.165, 1.54) is 11.3 Å². The Hall–Kier alpha value is -1.37. The summed E-state index contributed by atoms with van der Waals surface area (Å²) in [6, 6.07) is 1.59. The smallest absolute Gasteiger partial charge is 0.317 e. The molecule has 8 nitrogen and oxygen atoms in total. The van der Waals surface area contributed by atoms with Crippen molar-refractivity contribution in [1.82, 2.24) is 14.9 Å². The minimum Gasteiger partial charge on any atom is -0.360 e. The summed E-state index contributed by atoms with van der Waals surface area (Å²) in [6.07, 6.45) is 2.71. The highest BCUT2D eigenvalue weighted by Crippen LogP contribution is 2.25. The zero-order valence-corrected chi connectivity index (χ0v) is 13.3. The Morgan fingerprint density at radius 3 is 2.82 bits per heavy atom. The van der Waals surface area contributed by atoms with Crippen molar-refractivity contribution in [2.75, 3.05) is 38.5 Å². The molecule has 2 rings (SSSR count). The van der Waals surface area contributed by atoms with Crippen LogP contribution in [0.1, 0.15) is 19.3 Å². The highest BCUT2D eigenvalue weighted by molar-refractivity contribution is 7.89. The molecule has 9 heteroatoms. The van der Waals surface area contributed by atoms with Crippen LogP contribution in [0.4, 0.5) is 4.79 Å². The Morgan fingerprint density at radius 1 is 1.41 bits per heavy atom. The molecule has 1 atom stereocenters. The number of hydrogen-bond donors (Lipinski definition) is 2. The van der Waals surface area contributed by atoms with E-state index in [9.17, 15) is 13.2 Å². The molecule has 0 bridgehead atoms. The van der Waals surface area contributed by atoms with Gasteiger partial charge in [-0.25, -0.2) is 17.9 Å². The van der Waals surface area contributed by atoms with E-state index in [-0.39, 0.29) is 24.9 Å². The van der Waals surface area contributed by atoms with E-state index in [2.05, 4.69) is 10.0 Å². The number of sulfonamides is 1. The second kappa shape index (κ2) is 7.76. The largest absolute Gasteiger partial charge is 0.360 e. The quantitative estimate of drug-likeness (QED) is 0.691. The zero-order chi connectivity index (χ0) is 16.0. The number of hydrogen-bond acceptors (Lipinski definition) is 5. The first-order chi connectivity index (χ1) is 10.5. The lowest BCUT2D eigenvalue weighted by atomic mass is 9.86. The van der Waals surface area contributed by atoms with Crippen molar-refractivity contribution in [3.63, 3.8) is 0 Å². The predicted molar refractivity (Wildman–Crippen MR) is 79.5 cm³/mol. The van der Waals surface area contributed by atoms with Crippen molar-refractivity contribution in [3.8, 4) is 6.07 Å². The fourth-order valence-electron chi connectivity index (χ4n) is 2.33. The van der Waals surface area contributed by atoms with Gasteiger partial charge >= 0.3 is 6.03 Å². The average molecular weight is 330 g/mol. The fraction of sp³-hybridized carbons (Fsp3) is 0.846. The summed E-state index contributed by atoms with van der Waals surface area (Å²) >= 11 is 0. The van der Waals surface area contributed by atoms with E-state index in [4.69, 9.17) is 10.00 Å². The van der Waals surface area contributed by atoms with Crippen molar-refractivity contribution >= 4 is 16.1 Å². The van der Waals surface area contributed by atoms with Crippen LogP contribution in [0.25, 0.3) is 0 Å². The van der Waals surface area contributed by atoms with Gasteiger partial charge in [-0.2, -0.15) is 5.26 Å². The summed E-state index contributed by atoms with van der Waals surface area (Å²) in [5.41, 5.74) is 0. The van der Waals surface area contributed by atoms with Crippen LogP contribution in [0.2, 0.25) is 0 Å². The molecule has 1 aliphatic heterocycles. The van der Waals surface area contributed by atoms with Gasteiger partial charge in [-0.1, -0.05) is 6.42 Å². The number of rotatable bonds is 6. The van der Waals surface area contributed by atoms with Crippen LogP contribution >= 0.6 is 0 Å². The number of carbonyl (C=O) groups excluding carboxylic acids is 1. The van der Waals surface area contributed by atoms with Gasteiger partial charge in [0.15, 0.2) is 6.10 Å². The third-order valence-corrected chi connectivity index (χ3v) is 5.31. The molecular formula is C13H22N4O4S. The van der Waals surface area contributed by atoms with Crippen molar-refractivity contribution in [1.29, 1.82) is 5.26 Å². The van der Waals surface area contributed by atoms with Crippen LogP contribution < -0.4 is 10.0 Å². The number of nitriles is 1. The average Bonchev–Trinajstić information content (AvgIpc) is 2.45. The van der Waals surface area contributed by atoms with Crippen molar-refractivity contribution in [2.24, 2.45) is 5.92 Å². The molecule has 0 spiro atoms. The number of ether oxygens (including phenoxy) is 1. The minimum absolute atomic E-state index is 0.0490. The Balaban J connectivity index is 1.66. The predicted octanol–water partition coefficient (Wildman–Crippen LogP) is -0.360. The molecule has 22 heavy (non-hydrogen) atoms. The monoisotopic (exact) mass is 330 g/mol. The van der Waals surface area contributed by atoms with Crippen molar-refractivity contribution in [2.45, 2.75) is 25.4 Å². The molecule has 0 aromatic rings. The lowest BCUT2D eigenvalue weighted by molar-refractivity contribution is 0.0158. The van der Waals surface area contributed by atoms with Crippen LogP contribution in [-0.4, -0.2) is 64.0 Å². The fourth-order valence-corrected chi connectivity index (χ4v) is 3.33. The van der Waals surface area contributed by atoms with Crippen LogP contribution in [0.3, 0.4) is 0 Å². The van der Waals surface area contributed by atoms with E-state index in [1.807, 2.05) is 6.07 Å². The molecule has 124 valence electrons. The topological polar surface area (TPSA) is 112 Å². The first-order valence-electron chi connectivity index (χ1n) is 7.51. The molecule has 0 aromatic carbocycles. The van der Waals surface area contributed by atoms with Crippen LogP contribution in [0.15, 0.2) is 0 Å². The SMILES string of the molecule is N#C[C@H]1CN(C(=O)NCCS(=O)(=O)NCC2CCC2)CCO1. The Labute approximate surface area is 130 Å². The van der Waals surface area contributed by atoms with Gasteiger partial charge in [-0.3, -0.25) is 0 Å². The van der Waals surface area contributed by atoms with Crippen molar-refractivity contribution in [3.05, 3.63) is 0 Å². The number of nitrogens with one attached hydrogen (secondary N) is 2. The number of urea groups is 1. The van der Waals surface area contributed by atoms with Gasteiger partial charge in [0.1, 0.15) is 0 Å². The molecule has 0 unspecified atom stereocenters. The molecule has 2 aliphatic rings. The van der Waals surface area contributed by atoms with Gasteiger partial charge < -0.3 is 15.0 Å². The van der Waals surface area contributed by atoms with E-state index in [0.717, 1.165) is 12.8 Å². The lowest BCUT2D eigenvalue weighted by Crippen LogP contribution is -2.50. The molecule has 0 radical (unpaired) electrons. The standard InChI is InChI=1S/C13H22N4O4S/c14-8-12-10-17(5-6-21-12)13(18)15-4-7-22(19,20)16-9-11-2-1-3-11/h11-12,16H,1-7,9-10H2,(H,15,18)/t12-/m0/s1. The molecule has 2 fully saturated rings. The first-order valence-corrected chi connectivity index (χ1v) is 9.17. The molecular weight excluding hydrogens is 308 g/mol. The third kappa shape index (κ3) is 5.12. The number of amides is 2. The maximum atomic E-state index is 11.9. The normalized spacial score (nSPS) is 22.7. The van der Waals surface area contributed by atoms with Gasteiger partial charge in [0.05, 0.1) is 25.0 Å². The summed E-state index contributed by atoms with van der Waals surface area (Å²) in [5.74, 6) is 0.318. The Morgan fingerprint density at radius 2 is 2.18 bits per heavy atom. The summed E-state index contributed by atoms with van der Waals surface area (Å²) < 4.78 is 31.3. The molecule has 1 saturated carbocycles. The van der Waals surface area contributed by atoms with Gasteiger partial charge in [0.25, 0.3) is 0 Å². The van der Waals surface area contributed by atoms with Gasteiger partial charge in [0.2, 0.25) is 10.0 Å². The summed E-state index contributed by atoms with van der Waals surface area (Å²) in [5, 5.41) is 11.4. The van der Waals surface area contributed by atoms with Crippen molar-refractivity contribution < 1.29 is 17.9 Å². The van der Waals surface area contributed by atoms with E-state index in [1.54, 1.807) is 0 Å². The lowest BCUT2D eigenvalue weighted by Gasteiger charge is -2.29. The van der Waals surface area contributed by atoms with Crippen LogP contribution in [0, 0.1) is 17.2 Å². The third-order valence-electron chi connectivity index (χ3n) is 3.96. The highest BCUT2D eigenvalue weighted by atomic mass is 32.2. The molecule has 1 saturated heterocycles. The highest BCUT2D eigenvalue weighted by Gasteiger charge is 2.24. The van der Waals surface area contributed by atoms with Gasteiger partial charge in [-0.05, 0) is 18.8 Å². The molecule has 2 N–H and O–H groups in total. The van der Waals surface area contributed by atoms with Gasteiger partial charge in [0, 0.05) is 19.6 Å². The van der Waals surface area contributed by atoms with E-state index >= 15 is 0 Å². The Bertz CT molecular complexity index is 527. The molecule has 1 aliphatic carbocycles. The zero-order valence-electron chi connectivity index (χ0n) is 12.5. The number of morpholine rings is 1. The summed E-state index contributed by atoms with van der Waals surface area (Å²) in [6.45, 7) is 1.45. The summed E-state index contributed by atoms with van der Waals surface area (Å²) in [7, 11) is -3.35. The maximum absolute atomic E-state index is 11.9. The first kappa shape index (κ1) is 17.0. The molecule has 0 aromatic heterocycles. The number of nitrogens with zero attached hydrogens (tertiary/aromatic N) is 2. The minimum atomic E-state index is -3.35. The summed E-state index contributed by atoms with van der Waals surface area (Å²) in [4.78, 5) is 13.4. The van der Waals surface area contributed by atoms with E-state index < -0.39 is 16.1 Å². The van der Waals surface area contributed by atoms with Gasteiger partial charge in [-0.15, -0.1) is 0 Å². The Kier molecular flexibility index (Phi) is 5.99.